The Bertz CT molecular complexity index is 888. The van der Waals surface area contributed by atoms with Crippen molar-refractivity contribution >= 4 is 28.9 Å². The molecule has 3 N–H and O–H groups in total. The van der Waals surface area contributed by atoms with Gasteiger partial charge in [-0.3, -0.25) is 14.9 Å². The van der Waals surface area contributed by atoms with Crippen LogP contribution in [0, 0.1) is 21.7 Å². The minimum Gasteiger partial charge on any atom is -0.449 e. The molecular formula is C16H13F2N3O5. The number of halogens is 2. The number of esters is 1. The molecule has 0 aliphatic heterocycles. The topological polar surface area (TPSA) is 125 Å². The fourth-order valence-corrected chi connectivity index (χ4v) is 1.94. The van der Waals surface area contributed by atoms with Gasteiger partial charge in [0.1, 0.15) is 11.6 Å². The van der Waals surface area contributed by atoms with Gasteiger partial charge in [0.05, 0.1) is 16.2 Å². The quantitative estimate of drug-likeness (QED) is 0.363. The van der Waals surface area contributed by atoms with Crippen LogP contribution in [-0.2, 0) is 9.53 Å². The van der Waals surface area contributed by atoms with Crippen LogP contribution in [0.1, 0.15) is 17.3 Å². The highest BCUT2D eigenvalue weighted by Gasteiger charge is 2.23. The third kappa shape index (κ3) is 4.29. The summed E-state index contributed by atoms with van der Waals surface area (Å²) < 4.78 is 31.3. The molecule has 0 unspecified atom stereocenters. The first-order valence-corrected chi connectivity index (χ1v) is 7.20. The summed E-state index contributed by atoms with van der Waals surface area (Å²) in [6, 6.07) is 5.72. The summed E-state index contributed by atoms with van der Waals surface area (Å²) in [4.78, 5) is 34.1. The average Bonchev–Trinajstić information content (AvgIpc) is 2.57. The van der Waals surface area contributed by atoms with Crippen molar-refractivity contribution in [3.05, 3.63) is 63.7 Å². The number of anilines is 2. The number of ether oxygens (including phenoxy) is 1. The van der Waals surface area contributed by atoms with Gasteiger partial charge in [0.15, 0.2) is 6.10 Å². The summed E-state index contributed by atoms with van der Waals surface area (Å²) in [5.41, 5.74) is 4.56. The van der Waals surface area contributed by atoms with Gasteiger partial charge >= 0.3 is 5.97 Å². The van der Waals surface area contributed by atoms with Crippen molar-refractivity contribution in [2.45, 2.75) is 13.0 Å². The smallest absolute Gasteiger partial charge is 0.341 e. The number of hydrogen-bond acceptors (Lipinski definition) is 6. The molecule has 0 spiro atoms. The van der Waals surface area contributed by atoms with Crippen molar-refractivity contribution in [3.63, 3.8) is 0 Å². The van der Waals surface area contributed by atoms with Crippen molar-refractivity contribution in [1.82, 2.24) is 0 Å². The molecule has 0 bridgehead atoms. The van der Waals surface area contributed by atoms with Crippen LogP contribution >= 0.6 is 0 Å². The monoisotopic (exact) mass is 365 g/mol. The highest BCUT2D eigenvalue weighted by molar-refractivity contribution is 5.99. The molecule has 8 nitrogen and oxygen atoms in total. The van der Waals surface area contributed by atoms with E-state index in [9.17, 15) is 28.5 Å². The van der Waals surface area contributed by atoms with Crippen molar-refractivity contribution in [2.75, 3.05) is 11.1 Å². The summed E-state index contributed by atoms with van der Waals surface area (Å²) >= 11 is 0. The Morgan fingerprint density at radius 3 is 2.54 bits per heavy atom. The second kappa shape index (κ2) is 7.55. The van der Waals surface area contributed by atoms with E-state index >= 15 is 0 Å². The van der Waals surface area contributed by atoms with Gasteiger partial charge in [-0.2, -0.15) is 0 Å². The van der Waals surface area contributed by atoms with Gasteiger partial charge in [-0.25, -0.2) is 13.6 Å². The number of nitrogens with one attached hydrogen (secondary N) is 1. The van der Waals surface area contributed by atoms with E-state index in [1.807, 2.05) is 0 Å². The summed E-state index contributed by atoms with van der Waals surface area (Å²) in [6.45, 7) is 1.21. The molecule has 0 aromatic heterocycles. The number of hydrogen-bond donors (Lipinski definition) is 2. The van der Waals surface area contributed by atoms with Crippen LogP contribution in [0.2, 0.25) is 0 Å². The standard InChI is InChI=1S/C16H13F2N3O5/c1-8(15(22)20-14-5-2-9(17)6-12(14)18)26-16(23)11-7-10(21(24)25)3-4-13(11)19/h2-8H,19H2,1H3,(H,20,22)/t8-/m0/s1. The van der Waals surface area contributed by atoms with Crippen LogP contribution in [-0.4, -0.2) is 22.9 Å². The van der Waals surface area contributed by atoms with Crippen LogP contribution in [0.3, 0.4) is 0 Å². The Labute approximate surface area is 145 Å². The second-order valence-corrected chi connectivity index (χ2v) is 5.19. The average molecular weight is 365 g/mol. The summed E-state index contributed by atoms with van der Waals surface area (Å²) in [5.74, 6) is -3.76. The zero-order chi connectivity index (χ0) is 19.4. The van der Waals surface area contributed by atoms with E-state index in [1.54, 1.807) is 0 Å². The highest BCUT2D eigenvalue weighted by Crippen LogP contribution is 2.21. The minimum atomic E-state index is -1.37. The van der Waals surface area contributed by atoms with Gasteiger partial charge in [-0.1, -0.05) is 0 Å². The molecule has 26 heavy (non-hydrogen) atoms. The maximum Gasteiger partial charge on any atom is 0.341 e. The summed E-state index contributed by atoms with van der Waals surface area (Å²) in [6.07, 6.45) is -1.37. The van der Waals surface area contributed by atoms with Crippen molar-refractivity contribution in [3.8, 4) is 0 Å². The number of amides is 1. The maximum absolute atomic E-state index is 13.5. The predicted octanol–water partition coefficient (Wildman–Crippen LogP) is 2.64. The lowest BCUT2D eigenvalue weighted by atomic mass is 10.1. The normalized spacial score (nSPS) is 11.5. The van der Waals surface area contributed by atoms with Gasteiger partial charge in [-0.05, 0) is 25.1 Å². The largest absolute Gasteiger partial charge is 0.449 e. The molecule has 0 heterocycles. The van der Waals surface area contributed by atoms with E-state index in [-0.39, 0.29) is 22.6 Å². The summed E-state index contributed by atoms with van der Waals surface area (Å²) in [7, 11) is 0. The first-order chi connectivity index (χ1) is 12.2. The molecule has 1 atom stereocenters. The summed E-state index contributed by atoms with van der Waals surface area (Å²) in [5, 5.41) is 12.9. The SMILES string of the molecule is C[C@H](OC(=O)c1cc([N+](=O)[O-])ccc1N)C(=O)Nc1ccc(F)cc1F. The van der Waals surface area contributed by atoms with Crippen LogP contribution in [0.4, 0.5) is 25.8 Å². The number of nitro groups is 1. The van der Waals surface area contributed by atoms with Gasteiger partial charge < -0.3 is 15.8 Å². The lowest BCUT2D eigenvalue weighted by molar-refractivity contribution is -0.384. The number of non-ortho nitro benzene ring substituents is 1. The van der Waals surface area contributed by atoms with Crippen molar-refractivity contribution in [2.24, 2.45) is 0 Å². The number of nitro benzene ring substituents is 1. The molecule has 0 saturated carbocycles. The van der Waals surface area contributed by atoms with E-state index in [2.05, 4.69) is 5.32 Å². The lowest BCUT2D eigenvalue weighted by Gasteiger charge is -2.14. The molecule has 0 saturated heterocycles. The zero-order valence-electron chi connectivity index (χ0n) is 13.4. The maximum atomic E-state index is 13.5. The number of nitrogens with zero attached hydrogens (tertiary/aromatic N) is 1. The highest BCUT2D eigenvalue weighted by atomic mass is 19.1. The molecule has 0 aliphatic carbocycles. The van der Waals surface area contributed by atoms with E-state index in [0.717, 1.165) is 30.3 Å². The molecule has 136 valence electrons. The van der Waals surface area contributed by atoms with Gasteiger partial charge in [0.25, 0.3) is 11.6 Å². The van der Waals surface area contributed by atoms with E-state index in [1.165, 1.54) is 6.92 Å². The van der Waals surface area contributed by atoms with Gasteiger partial charge in [0, 0.05) is 23.9 Å². The van der Waals surface area contributed by atoms with E-state index in [4.69, 9.17) is 10.5 Å². The van der Waals surface area contributed by atoms with Crippen molar-refractivity contribution in [1.29, 1.82) is 0 Å². The van der Waals surface area contributed by atoms with Crippen LogP contribution in [0.5, 0.6) is 0 Å². The Balaban J connectivity index is 2.10. The fraction of sp³-hybridized carbons (Fsp3) is 0.125. The molecular weight excluding hydrogens is 352 g/mol. The Morgan fingerprint density at radius 1 is 1.23 bits per heavy atom. The Hall–Kier alpha value is -3.56. The van der Waals surface area contributed by atoms with Gasteiger partial charge in [-0.15, -0.1) is 0 Å². The molecule has 2 aromatic rings. The van der Waals surface area contributed by atoms with Gasteiger partial charge in [0.2, 0.25) is 0 Å². The third-order valence-electron chi connectivity index (χ3n) is 3.31. The van der Waals surface area contributed by atoms with Crippen LogP contribution in [0.15, 0.2) is 36.4 Å². The molecule has 2 rings (SSSR count). The minimum absolute atomic E-state index is 0.0715. The number of carbonyl (C=O) groups excluding carboxylic acids is 2. The Morgan fingerprint density at radius 2 is 1.92 bits per heavy atom. The Kier molecular flexibility index (Phi) is 5.45. The molecule has 0 radical (unpaired) electrons. The number of nitrogens with two attached hydrogens (primary N) is 1. The third-order valence-corrected chi connectivity index (χ3v) is 3.31. The molecule has 0 aliphatic rings. The van der Waals surface area contributed by atoms with E-state index < -0.39 is 34.5 Å². The van der Waals surface area contributed by atoms with Crippen LogP contribution in [0.25, 0.3) is 0 Å². The molecule has 1 amide bonds. The molecule has 2 aromatic carbocycles. The molecule has 0 fully saturated rings. The number of benzene rings is 2. The van der Waals surface area contributed by atoms with E-state index in [0.29, 0.717) is 6.07 Å². The zero-order valence-corrected chi connectivity index (χ0v) is 13.4. The van der Waals surface area contributed by atoms with Crippen LogP contribution < -0.4 is 11.1 Å². The fourth-order valence-electron chi connectivity index (χ4n) is 1.94. The first kappa shape index (κ1) is 18.8. The number of carbonyl (C=O) groups is 2. The predicted molar refractivity (Wildman–Crippen MR) is 87.4 cm³/mol. The first-order valence-electron chi connectivity index (χ1n) is 7.20. The number of rotatable bonds is 5. The van der Waals surface area contributed by atoms with Crippen molar-refractivity contribution < 1.29 is 28.0 Å². The number of nitrogen functional groups attached to an aromatic ring is 1. The second-order valence-electron chi connectivity index (χ2n) is 5.19. The lowest BCUT2D eigenvalue weighted by Crippen LogP contribution is -2.30. The molecule has 10 heteroatoms.